The van der Waals surface area contributed by atoms with Gasteiger partial charge < -0.3 is 11.8 Å². The molecule has 0 radical (unpaired) electrons. The summed E-state index contributed by atoms with van der Waals surface area (Å²) in [5.41, 5.74) is 0.974. The Bertz CT molecular complexity index is 505. The van der Waals surface area contributed by atoms with Crippen LogP contribution in [0.5, 0.6) is 5.75 Å². The molecule has 0 unspecified atom stereocenters. The predicted molar refractivity (Wildman–Crippen MR) is 63.6 cm³/mol. The van der Waals surface area contributed by atoms with E-state index in [0.717, 1.165) is 0 Å². The minimum Gasteiger partial charge on any atom is -1.00 e. The van der Waals surface area contributed by atoms with Crippen molar-refractivity contribution in [2.24, 2.45) is 0 Å². The number of rotatable bonds is 2. The Labute approximate surface area is 123 Å². The van der Waals surface area contributed by atoms with Crippen LogP contribution in [0.1, 0.15) is 11.8 Å². The van der Waals surface area contributed by atoms with E-state index < -0.39 is 0 Å². The first-order valence-electron chi connectivity index (χ1n) is 4.92. The Kier molecular flexibility index (Phi) is 5.22. The van der Waals surface area contributed by atoms with Gasteiger partial charge in [-0.15, -0.1) is 0 Å². The Morgan fingerprint density at radius 1 is 1.00 bits per heavy atom. The Hall–Kier alpha value is -1.29. The number of nitrogens with one attached hydrogen (secondary N) is 1. The van der Waals surface area contributed by atoms with E-state index in [1.54, 1.807) is 30.3 Å². The van der Waals surface area contributed by atoms with Crippen molar-refractivity contribution in [3.63, 3.8) is 0 Å². The second-order valence-corrected chi connectivity index (χ2v) is 3.34. The summed E-state index contributed by atoms with van der Waals surface area (Å²) in [5, 5.41) is 12.2. The van der Waals surface area contributed by atoms with Gasteiger partial charge in [-0.2, -0.15) is 0 Å². The topological polar surface area (TPSA) is 49.3 Å². The molecule has 1 amide bonds. The van der Waals surface area contributed by atoms with Crippen LogP contribution >= 0.6 is 0 Å². The number of phenols is 1. The Morgan fingerprint density at radius 3 is 2.24 bits per heavy atom. The minimum absolute atomic E-state index is 0. The van der Waals surface area contributed by atoms with E-state index in [0.29, 0.717) is 5.69 Å². The molecule has 0 aliphatic carbocycles. The number of hydrogen-bond donors (Lipinski definition) is 2. The van der Waals surface area contributed by atoms with Crippen LogP contribution in [0.15, 0.2) is 54.6 Å². The first-order valence-corrected chi connectivity index (χ1v) is 4.92. The molecule has 0 aromatic heterocycles. The van der Waals surface area contributed by atoms with Crippen molar-refractivity contribution in [1.82, 2.24) is 0 Å². The van der Waals surface area contributed by atoms with Crippen LogP contribution in [-0.2, 0) is 0 Å². The summed E-state index contributed by atoms with van der Waals surface area (Å²) in [6.07, 6.45) is 0. The number of phenolic OH excluding ortho intramolecular Hbond substituents is 1. The number of aromatic hydroxyl groups is 1. The van der Waals surface area contributed by atoms with E-state index in [9.17, 15) is 9.90 Å². The largest absolute Gasteiger partial charge is 1.00 e. The van der Waals surface area contributed by atoms with E-state index in [1.165, 1.54) is 6.07 Å². The summed E-state index contributed by atoms with van der Waals surface area (Å²) in [7, 11) is 0. The average molecular weight is 237 g/mol. The van der Waals surface area contributed by atoms with Gasteiger partial charge in [0.15, 0.2) is 0 Å². The average Bonchev–Trinajstić information content (AvgIpc) is 2.31. The fourth-order valence-corrected chi connectivity index (χ4v) is 1.39. The zero-order valence-electron chi connectivity index (χ0n) is 10.6. The van der Waals surface area contributed by atoms with Gasteiger partial charge in [0, 0.05) is 5.69 Å². The van der Waals surface area contributed by atoms with Crippen molar-refractivity contribution in [3.05, 3.63) is 60.2 Å². The molecule has 0 heterocycles. The molecular formula is C13H12NNaO2. The van der Waals surface area contributed by atoms with Crippen LogP contribution in [-0.4, -0.2) is 11.0 Å². The molecule has 2 N–H and O–H groups in total. The van der Waals surface area contributed by atoms with Gasteiger partial charge in [0.2, 0.25) is 0 Å². The van der Waals surface area contributed by atoms with Crippen LogP contribution in [0.4, 0.5) is 5.69 Å². The number of carbonyl (C=O) groups excluding carboxylic acids is 1. The van der Waals surface area contributed by atoms with Crippen LogP contribution in [0.25, 0.3) is 0 Å². The van der Waals surface area contributed by atoms with Gasteiger partial charge in [-0.05, 0) is 24.3 Å². The fourth-order valence-electron chi connectivity index (χ4n) is 1.39. The Balaban J connectivity index is 0.00000144. The van der Waals surface area contributed by atoms with Crippen molar-refractivity contribution in [2.75, 3.05) is 5.32 Å². The van der Waals surface area contributed by atoms with E-state index >= 15 is 0 Å². The summed E-state index contributed by atoms with van der Waals surface area (Å²) < 4.78 is 0. The molecule has 0 fully saturated rings. The molecule has 0 aliphatic rings. The van der Waals surface area contributed by atoms with Crippen molar-refractivity contribution in [1.29, 1.82) is 0 Å². The van der Waals surface area contributed by atoms with Crippen molar-refractivity contribution in [2.45, 2.75) is 0 Å². The second-order valence-electron chi connectivity index (χ2n) is 3.34. The fraction of sp³-hybridized carbons (Fsp3) is 0. The van der Waals surface area contributed by atoms with E-state index in [4.69, 9.17) is 0 Å². The van der Waals surface area contributed by atoms with Crippen molar-refractivity contribution >= 4 is 11.6 Å². The summed E-state index contributed by atoms with van der Waals surface area (Å²) in [6.45, 7) is 0. The van der Waals surface area contributed by atoms with Crippen LogP contribution in [0.3, 0.4) is 0 Å². The summed E-state index contributed by atoms with van der Waals surface area (Å²) in [5.74, 6) is -0.333. The summed E-state index contributed by atoms with van der Waals surface area (Å²) in [6, 6.07) is 15.6. The molecule has 0 saturated heterocycles. The quantitative estimate of drug-likeness (QED) is 0.708. The van der Waals surface area contributed by atoms with Gasteiger partial charge in [-0.1, -0.05) is 30.3 Å². The molecule has 0 spiro atoms. The van der Waals surface area contributed by atoms with Gasteiger partial charge in [-0.3, -0.25) is 4.79 Å². The molecule has 2 aromatic carbocycles. The van der Waals surface area contributed by atoms with E-state index in [1.807, 2.05) is 18.2 Å². The van der Waals surface area contributed by atoms with Gasteiger partial charge in [0.05, 0.1) is 5.56 Å². The standard InChI is InChI=1S/C13H11NO2.Na.H/c15-12-9-5-4-8-11(12)13(16)14-10-6-2-1-3-7-10;;/h1-9,15H,(H,14,16);;/q;+1;-1. The molecule has 82 valence electrons. The second kappa shape index (κ2) is 6.45. The molecular weight excluding hydrogens is 225 g/mol. The number of benzene rings is 2. The smallest absolute Gasteiger partial charge is 1.00 e. The molecule has 0 aliphatic heterocycles. The number of hydrogen-bond acceptors (Lipinski definition) is 2. The molecule has 0 atom stereocenters. The van der Waals surface area contributed by atoms with E-state index in [2.05, 4.69) is 5.32 Å². The zero-order valence-corrected chi connectivity index (χ0v) is 11.6. The monoisotopic (exact) mass is 237 g/mol. The van der Waals surface area contributed by atoms with Crippen LogP contribution in [0, 0.1) is 0 Å². The van der Waals surface area contributed by atoms with Crippen molar-refractivity contribution in [3.8, 4) is 5.75 Å². The minimum atomic E-state index is -0.315. The molecule has 17 heavy (non-hydrogen) atoms. The maximum atomic E-state index is 11.8. The van der Waals surface area contributed by atoms with Crippen LogP contribution < -0.4 is 34.9 Å². The first-order chi connectivity index (χ1) is 7.77. The number of carbonyl (C=O) groups is 1. The zero-order chi connectivity index (χ0) is 11.4. The van der Waals surface area contributed by atoms with Gasteiger partial charge in [0.25, 0.3) is 5.91 Å². The Morgan fingerprint density at radius 2 is 1.59 bits per heavy atom. The predicted octanol–water partition coefficient (Wildman–Crippen LogP) is -0.239. The normalized spacial score (nSPS) is 9.18. The molecule has 0 bridgehead atoms. The number of anilines is 1. The van der Waals surface area contributed by atoms with Gasteiger partial charge in [0.1, 0.15) is 5.75 Å². The number of amides is 1. The van der Waals surface area contributed by atoms with Crippen LogP contribution in [0.2, 0.25) is 0 Å². The SMILES string of the molecule is O=C(Nc1ccccc1)c1ccccc1O.[H-].[Na+]. The molecule has 2 aromatic rings. The summed E-state index contributed by atoms with van der Waals surface area (Å²) in [4.78, 5) is 11.8. The first kappa shape index (κ1) is 13.8. The number of para-hydroxylation sites is 2. The maximum Gasteiger partial charge on any atom is 1.00 e. The third-order valence-corrected chi connectivity index (χ3v) is 2.18. The third kappa shape index (κ3) is 3.60. The van der Waals surface area contributed by atoms with Gasteiger partial charge >= 0.3 is 29.6 Å². The molecule has 0 saturated carbocycles. The van der Waals surface area contributed by atoms with E-state index in [-0.39, 0.29) is 48.2 Å². The molecule has 2 rings (SSSR count). The summed E-state index contributed by atoms with van der Waals surface area (Å²) >= 11 is 0. The van der Waals surface area contributed by atoms with Gasteiger partial charge in [-0.25, -0.2) is 0 Å². The van der Waals surface area contributed by atoms with Crippen molar-refractivity contribution < 1.29 is 40.9 Å². The molecule has 4 heteroatoms. The maximum absolute atomic E-state index is 11.8. The third-order valence-electron chi connectivity index (χ3n) is 2.18. The molecule has 3 nitrogen and oxygen atoms in total.